The summed E-state index contributed by atoms with van der Waals surface area (Å²) in [5, 5.41) is 8.63. The van der Waals surface area contributed by atoms with Crippen LogP contribution in [0.5, 0.6) is 5.75 Å². The number of hydrogen-bond donors (Lipinski definition) is 0. The Balaban J connectivity index is 0.000000467. The monoisotopic (exact) mass is 1040 g/mol. The Bertz CT molecular complexity index is 3970. The maximum atomic E-state index is 6.52. The molecule has 77 heavy (non-hydrogen) atoms. The minimum Gasteiger partial charge on any atom is -0.495 e. The van der Waals surface area contributed by atoms with Crippen molar-refractivity contribution in [2.24, 2.45) is 9.98 Å². The van der Waals surface area contributed by atoms with Crippen LogP contribution in [0.3, 0.4) is 0 Å². The molecule has 0 fully saturated rings. The number of thiophene rings is 1. The van der Waals surface area contributed by atoms with Crippen molar-refractivity contribution in [3.8, 4) is 39.1 Å². The van der Waals surface area contributed by atoms with E-state index < -0.39 is 0 Å². The Morgan fingerprint density at radius 3 is 1.79 bits per heavy atom. The third-order valence-corrected chi connectivity index (χ3v) is 15.9. The number of hydrogen-bond acceptors (Lipinski definition) is 5. The molecule has 2 atom stereocenters. The van der Waals surface area contributed by atoms with Gasteiger partial charge in [0.2, 0.25) is 0 Å². The molecule has 4 heterocycles. The average molecular weight is 1040 g/mol. The van der Waals surface area contributed by atoms with Gasteiger partial charge in [-0.25, -0.2) is 9.98 Å². The van der Waals surface area contributed by atoms with Crippen LogP contribution in [0, 0.1) is 0 Å². The van der Waals surface area contributed by atoms with Crippen LogP contribution >= 0.6 is 23.1 Å². The van der Waals surface area contributed by atoms with E-state index in [1.807, 2.05) is 45.1 Å². The number of ether oxygens (including phenoxy) is 1. The van der Waals surface area contributed by atoms with E-state index in [9.17, 15) is 0 Å². The zero-order chi connectivity index (χ0) is 53.8. The standard InChI is InChI=1S/C57H37N3OS2.C6H10.C4H6.2C2H6/c1-61-53-43(31-30-38(35-19-7-3-8-20-35)48(53)36-21-9-4-10-22-36)55-58-56(51-42-26-14-16-28-47(42)63-57(51)59-55)60-45-32-29-37(34-17-5-2-6-18-34)33-44(45)49-39-23-11-12-24-40(39)50-41-25-13-15-27-46(41)62-54(50)52(49)60;1-3-5-6-4-2;1-3-4-2;2*1-2/h2-33,51,56H,1H3;3,5-6H,1,4H2,2H3;3-4H,1-2H2;2*1-2H3/b;6-5-;;;. The third kappa shape index (κ3) is 10.3. The Morgan fingerprint density at radius 1 is 0.571 bits per heavy atom. The first-order chi connectivity index (χ1) is 38.1. The molecule has 0 radical (unpaired) electrons. The predicted molar refractivity (Wildman–Crippen MR) is 340 cm³/mol. The molecule has 0 amide bonds. The molecule has 0 saturated heterocycles. The number of fused-ring (bicyclic) bond motifs is 13. The van der Waals surface area contributed by atoms with Gasteiger partial charge in [0, 0.05) is 36.7 Å². The smallest absolute Gasteiger partial charge is 0.161 e. The van der Waals surface area contributed by atoms with Crippen LogP contribution in [0.2, 0.25) is 0 Å². The largest absolute Gasteiger partial charge is 0.495 e. The first-order valence-corrected chi connectivity index (χ1v) is 28.3. The third-order valence-electron chi connectivity index (χ3n) is 13.6. The van der Waals surface area contributed by atoms with Crippen molar-refractivity contribution < 1.29 is 4.74 Å². The molecular formula is C71H65N3OS2. The van der Waals surface area contributed by atoms with Crippen LogP contribution in [0.25, 0.3) is 86.1 Å². The number of amidine groups is 1. The number of nitrogens with zero attached hydrogens (tertiary/aromatic N) is 3. The highest BCUT2D eigenvalue weighted by Crippen LogP contribution is 2.55. The summed E-state index contributed by atoms with van der Waals surface area (Å²) in [5.74, 6) is 1.34. The van der Waals surface area contributed by atoms with Crippen LogP contribution in [-0.2, 0) is 0 Å². The maximum absolute atomic E-state index is 6.52. The van der Waals surface area contributed by atoms with E-state index in [2.05, 4.69) is 231 Å². The molecule has 4 nitrogen and oxygen atoms in total. The number of allylic oxidation sites excluding steroid dienone is 5. The second-order valence-corrected chi connectivity index (χ2v) is 19.9. The van der Waals surface area contributed by atoms with Crippen LogP contribution in [0.1, 0.15) is 64.3 Å². The molecule has 6 heteroatoms. The van der Waals surface area contributed by atoms with Gasteiger partial charge in [0.05, 0.1) is 39.4 Å². The Morgan fingerprint density at radius 2 is 1.16 bits per heavy atom. The van der Waals surface area contributed by atoms with Gasteiger partial charge in [-0.1, -0.05) is 260 Å². The zero-order valence-corrected chi connectivity index (χ0v) is 46.5. The molecule has 2 aliphatic rings. The van der Waals surface area contributed by atoms with Gasteiger partial charge in [-0.3, -0.25) is 0 Å². The van der Waals surface area contributed by atoms with Crippen LogP contribution in [-0.4, -0.2) is 22.6 Å². The maximum Gasteiger partial charge on any atom is 0.161 e. The molecule has 13 rings (SSSR count). The lowest BCUT2D eigenvalue weighted by Gasteiger charge is -2.29. The highest BCUT2D eigenvalue weighted by atomic mass is 32.2. The molecule has 382 valence electrons. The molecule has 0 spiro atoms. The molecule has 0 saturated carbocycles. The lowest BCUT2D eigenvalue weighted by molar-refractivity contribution is 0.415. The molecule has 9 aromatic carbocycles. The Hall–Kier alpha value is -8.29. The van der Waals surface area contributed by atoms with Gasteiger partial charge in [-0.05, 0) is 80.9 Å². The minimum atomic E-state index is -0.362. The van der Waals surface area contributed by atoms with Crippen molar-refractivity contribution >= 4 is 86.7 Å². The van der Waals surface area contributed by atoms with E-state index in [1.165, 1.54) is 68.8 Å². The Kier molecular flexibility index (Phi) is 17.4. The Labute approximate surface area is 462 Å². The van der Waals surface area contributed by atoms with Crippen molar-refractivity contribution in [3.63, 3.8) is 0 Å². The van der Waals surface area contributed by atoms with Crippen molar-refractivity contribution in [2.75, 3.05) is 7.11 Å². The van der Waals surface area contributed by atoms with E-state index in [0.29, 0.717) is 5.84 Å². The fraction of sp³-hybridized carbons (Fsp3) is 0.127. The number of aromatic nitrogens is 1. The number of aliphatic imine (C=N–C) groups is 2. The normalized spacial score (nSPS) is 14.1. The van der Waals surface area contributed by atoms with E-state index in [-0.39, 0.29) is 12.1 Å². The van der Waals surface area contributed by atoms with Crippen molar-refractivity contribution in [1.82, 2.24) is 4.57 Å². The summed E-state index contributed by atoms with van der Waals surface area (Å²) in [6.07, 6.45) is 9.81. The van der Waals surface area contributed by atoms with E-state index >= 15 is 0 Å². The fourth-order valence-corrected chi connectivity index (χ4v) is 12.9. The first-order valence-electron chi connectivity index (χ1n) is 26.7. The second-order valence-electron chi connectivity index (χ2n) is 17.8. The minimum absolute atomic E-state index is 0.0957. The summed E-state index contributed by atoms with van der Waals surface area (Å²) in [4.78, 5) is 12.7. The molecule has 2 unspecified atom stereocenters. The van der Waals surface area contributed by atoms with E-state index in [0.717, 1.165) is 50.5 Å². The van der Waals surface area contributed by atoms with Gasteiger partial charge in [0.15, 0.2) is 5.84 Å². The molecule has 2 aliphatic heterocycles. The summed E-state index contributed by atoms with van der Waals surface area (Å²) < 4.78 is 11.7. The lowest BCUT2D eigenvalue weighted by atomic mass is 9.90. The lowest BCUT2D eigenvalue weighted by Crippen LogP contribution is -2.25. The highest BCUT2D eigenvalue weighted by molar-refractivity contribution is 8.14. The number of rotatable bonds is 9. The zero-order valence-electron chi connectivity index (χ0n) is 44.9. The SMILES string of the molecule is C=C/C=C\CC.C=CC=C.CC.CC.COc1c(C2=NC(n3c4ccc(-c5ccccc5)cc4c4c5ccccc5c5c6ccccc6sc5c43)C3C(=N2)Sc2ccccc23)ccc(-c2ccccc2)c1-c1ccccc1. The molecule has 0 bridgehead atoms. The highest BCUT2D eigenvalue weighted by Gasteiger charge is 2.42. The molecule has 2 aromatic heterocycles. The van der Waals surface area contributed by atoms with Gasteiger partial charge >= 0.3 is 0 Å². The summed E-state index contributed by atoms with van der Waals surface area (Å²) in [5.41, 5.74) is 11.2. The quantitative estimate of drug-likeness (QED) is 0.135. The first kappa shape index (κ1) is 53.5. The molecule has 11 aromatic rings. The van der Waals surface area contributed by atoms with Gasteiger partial charge in [0.25, 0.3) is 0 Å². The van der Waals surface area contributed by atoms with Crippen LogP contribution < -0.4 is 4.74 Å². The number of benzene rings is 9. The summed E-state index contributed by atoms with van der Waals surface area (Å²) in [6, 6.07) is 69.9. The molecule has 0 N–H and O–H groups in total. The van der Waals surface area contributed by atoms with Crippen molar-refractivity contribution in [3.05, 3.63) is 255 Å². The van der Waals surface area contributed by atoms with Crippen LogP contribution in [0.15, 0.2) is 259 Å². The predicted octanol–water partition coefficient (Wildman–Crippen LogP) is 21.1. The summed E-state index contributed by atoms with van der Waals surface area (Å²) >= 11 is 3.66. The molecular weight excluding hydrogens is 975 g/mol. The van der Waals surface area contributed by atoms with Crippen LogP contribution in [0.4, 0.5) is 0 Å². The molecule has 0 aliphatic carbocycles. The number of thioether (sulfide) groups is 1. The summed E-state index contributed by atoms with van der Waals surface area (Å²) in [6.45, 7) is 20.3. The van der Waals surface area contributed by atoms with Gasteiger partial charge in [-0.15, -0.1) is 11.3 Å². The van der Waals surface area contributed by atoms with Crippen molar-refractivity contribution in [1.29, 1.82) is 0 Å². The number of methoxy groups -OCH3 is 1. The summed E-state index contributed by atoms with van der Waals surface area (Å²) in [7, 11) is 1.78. The van der Waals surface area contributed by atoms with Gasteiger partial charge in [-0.2, -0.15) is 0 Å². The van der Waals surface area contributed by atoms with Crippen molar-refractivity contribution in [2.45, 2.75) is 58.0 Å². The average Bonchev–Trinajstić information content (AvgIpc) is 4.23. The van der Waals surface area contributed by atoms with Gasteiger partial charge in [0.1, 0.15) is 11.9 Å². The van der Waals surface area contributed by atoms with E-state index in [4.69, 9.17) is 14.7 Å². The van der Waals surface area contributed by atoms with E-state index in [1.54, 1.807) is 37.1 Å². The fourth-order valence-electron chi connectivity index (χ4n) is 10.4. The topological polar surface area (TPSA) is 38.9 Å². The van der Waals surface area contributed by atoms with Gasteiger partial charge < -0.3 is 9.30 Å². The second kappa shape index (κ2) is 25.0.